The molecule has 3 N–H and O–H groups in total. The summed E-state index contributed by atoms with van der Waals surface area (Å²) in [5.74, 6) is 4.63. The highest BCUT2D eigenvalue weighted by molar-refractivity contribution is 7.10. The molecule has 0 aliphatic carbocycles. The van der Waals surface area contributed by atoms with Crippen molar-refractivity contribution in [3.8, 4) is 0 Å². The minimum atomic E-state index is -0.524. The second kappa shape index (κ2) is 5.46. The number of benzene rings is 1. The normalized spacial score (nSPS) is 17.5. The molecule has 1 unspecified atom stereocenters. The van der Waals surface area contributed by atoms with E-state index in [9.17, 15) is 9.18 Å². The lowest BCUT2D eigenvalue weighted by atomic mass is 10.00. The fourth-order valence-electron chi connectivity index (χ4n) is 2.79. The third kappa shape index (κ3) is 2.30. The second-order valence-electron chi connectivity index (χ2n) is 5.03. The molecule has 2 heterocycles. The van der Waals surface area contributed by atoms with Gasteiger partial charge in [-0.25, -0.2) is 4.39 Å². The lowest BCUT2D eigenvalue weighted by Crippen LogP contribution is -2.38. The topological polar surface area (TPSA) is 58.4 Å². The van der Waals surface area contributed by atoms with Gasteiger partial charge >= 0.3 is 0 Å². The Morgan fingerprint density at radius 3 is 3.05 bits per heavy atom. The Kier molecular flexibility index (Phi) is 3.65. The molecule has 1 amide bonds. The molecule has 1 atom stereocenters. The third-order valence-electron chi connectivity index (χ3n) is 3.93. The largest absolute Gasteiger partial charge is 0.331 e. The Balaban J connectivity index is 1.95. The van der Waals surface area contributed by atoms with E-state index in [1.807, 2.05) is 12.3 Å². The molecule has 0 fully saturated rings. The van der Waals surface area contributed by atoms with Crippen LogP contribution in [0.3, 0.4) is 0 Å². The Hall–Kier alpha value is -1.92. The zero-order valence-electron chi connectivity index (χ0n) is 11.6. The molecule has 0 saturated heterocycles. The minimum Gasteiger partial charge on any atom is -0.331 e. The van der Waals surface area contributed by atoms with Crippen molar-refractivity contribution < 1.29 is 9.18 Å². The van der Waals surface area contributed by atoms with Gasteiger partial charge in [-0.3, -0.25) is 10.6 Å². The summed E-state index contributed by atoms with van der Waals surface area (Å²) in [6.45, 7) is 2.63. The molecule has 4 nitrogen and oxygen atoms in total. The number of hydrogen-bond donors (Lipinski definition) is 2. The number of nitrogens with one attached hydrogen (secondary N) is 1. The molecule has 1 aliphatic heterocycles. The van der Waals surface area contributed by atoms with E-state index in [2.05, 4.69) is 11.5 Å². The molecule has 1 aliphatic rings. The zero-order valence-corrected chi connectivity index (χ0v) is 12.4. The molecule has 110 valence electrons. The van der Waals surface area contributed by atoms with Gasteiger partial charge in [0.15, 0.2) is 0 Å². The average molecular weight is 305 g/mol. The minimum absolute atomic E-state index is 0.0126. The Morgan fingerprint density at radius 2 is 2.29 bits per heavy atom. The first-order valence-electron chi connectivity index (χ1n) is 6.76. The van der Waals surface area contributed by atoms with Crippen LogP contribution >= 0.6 is 11.3 Å². The predicted molar refractivity (Wildman–Crippen MR) is 81.7 cm³/mol. The van der Waals surface area contributed by atoms with E-state index in [0.717, 1.165) is 6.42 Å². The van der Waals surface area contributed by atoms with E-state index in [1.54, 1.807) is 22.3 Å². The molecule has 1 aromatic heterocycles. The number of anilines is 1. The van der Waals surface area contributed by atoms with E-state index in [0.29, 0.717) is 6.54 Å². The number of hydrazine groups is 1. The van der Waals surface area contributed by atoms with Crippen molar-refractivity contribution in [2.45, 2.75) is 19.4 Å². The standard InChI is InChI=1S/C15H16FN3OS/c1-9-10-6-8-21-13(10)5-7-19(9)15(20)11-3-2-4-12(16)14(11)18-17/h2-4,6,8-9,18H,5,7,17H2,1H3. The van der Waals surface area contributed by atoms with Gasteiger partial charge < -0.3 is 10.3 Å². The van der Waals surface area contributed by atoms with Crippen molar-refractivity contribution >= 4 is 22.9 Å². The summed E-state index contributed by atoms with van der Waals surface area (Å²) in [7, 11) is 0. The van der Waals surface area contributed by atoms with Crippen LogP contribution in [0.2, 0.25) is 0 Å². The van der Waals surface area contributed by atoms with Gasteiger partial charge in [0.1, 0.15) is 5.82 Å². The number of nitrogens with two attached hydrogens (primary N) is 1. The number of fused-ring (bicyclic) bond motifs is 1. The smallest absolute Gasteiger partial charge is 0.256 e. The Bertz CT molecular complexity index is 685. The number of halogens is 1. The SMILES string of the molecule is CC1c2ccsc2CCN1C(=O)c1cccc(F)c1NN. The monoisotopic (exact) mass is 305 g/mol. The van der Waals surface area contributed by atoms with Crippen molar-refractivity contribution in [3.63, 3.8) is 0 Å². The number of para-hydroxylation sites is 1. The fraction of sp³-hybridized carbons (Fsp3) is 0.267. The maximum absolute atomic E-state index is 13.8. The quantitative estimate of drug-likeness (QED) is 0.662. The molecule has 0 radical (unpaired) electrons. The van der Waals surface area contributed by atoms with Gasteiger partial charge in [0.25, 0.3) is 5.91 Å². The summed E-state index contributed by atoms with van der Waals surface area (Å²) in [6.07, 6.45) is 0.837. The molecular formula is C15H16FN3OS. The highest BCUT2D eigenvalue weighted by Crippen LogP contribution is 2.34. The van der Waals surface area contributed by atoms with Crippen LogP contribution in [0.4, 0.5) is 10.1 Å². The first-order valence-corrected chi connectivity index (χ1v) is 7.63. The summed E-state index contributed by atoms with van der Waals surface area (Å²) in [6, 6.07) is 6.44. The van der Waals surface area contributed by atoms with Gasteiger partial charge in [-0.05, 0) is 42.5 Å². The van der Waals surface area contributed by atoms with E-state index < -0.39 is 5.82 Å². The molecular weight excluding hydrogens is 289 g/mol. The number of carbonyl (C=O) groups excluding carboxylic acids is 1. The van der Waals surface area contributed by atoms with Crippen LogP contribution in [-0.2, 0) is 6.42 Å². The number of nitrogen functional groups attached to an aromatic ring is 1. The average Bonchev–Trinajstić information content (AvgIpc) is 2.96. The van der Waals surface area contributed by atoms with Crippen molar-refractivity contribution in [3.05, 3.63) is 51.5 Å². The van der Waals surface area contributed by atoms with Crippen LogP contribution in [-0.4, -0.2) is 17.4 Å². The molecule has 21 heavy (non-hydrogen) atoms. The van der Waals surface area contributed by atoms with Crippen LogP contribution in [0.5, 0.6) is 0 Å². The Labute approximate surface area is 126 Å². The van der Waals surface area contributed by atoms with Crippen LogP contribution in [0.15, 0.2) is 29.6 Å². The van der Waals surface area contributed by atoms with Gasteiger partial charge in [-0.1, -0.05) is 6.07 Å². The van der Waals surface area contributed by atoms with E-state index >= 15 is 0 Å². The van der Waals surface area contributed by atoms with Crippen molar-refractivity contribution in [1.82, 2.24) is 4.90 Å². The molecule has 2 aromatic rings. The number of nitrogens with zero attached hydrogens (tertiary/aromatic N) is 1. The molecule has 3 rings (SSSR count). The number of hydrogen-bond acceptors (Lipinski definition) is 4. The maximum Gasteiger partial charge on any atom is 0.256 e. The van der Waals surface area contributed by atoms with Crippen LogP contribution in [0.25, 0.3) is 0 Å². The lowest BCUT2D eigenvalue weighted by molar-refractivity contribution is 0.0680. The fourth-order valence-corrected chi connectivity index (χ4v) is 3.75. The van der Waals surface area contributed by atoms with Gasteiger partial charge in [0.05, 0.1) is 17.3 Å². The molecule has 1 aromatic carbocycles. The predicted octanol–water partition coefficient (Wildman–Crippen LogP) is 2.93. The summed E-state index contributed by atoms with van der Waals surface area (Å²) in [5.41, 5.74) is 3.79. The number of amides is 1. The third-order valence-corrected chi connectivity index (χ3v) is 4.92. The number of carbonyl (C=O) groups is 1. The van der Waals surface area contributed by atoms with Gasteiger partial charge in [-0.15, -0.1) is 11.3 Å². The zero-order chi connectivity index (χ0) is 15.0. The molecule has 0 bridgehead atoms. The van der Waals surface area contributed by atoms with Crippen molar-refractivity contribution in [1.29, 1.82) is 0 Å². The summed E-state index contributed by atoms with van der Waals surface area (Å²) in [5, 5.41) is 2.05. The number of thiophene rings is 1. The molecule has 0 saturated carbocycles. The first kappa shape index (κ1) is 14.0. The Morgan fingerprint density at radius 1 is 1.48 bits per heavy atom. The van der Waals surface area contributed by atoms with E-state index in [4.69, 9.17) is 5.84 Å². The highest BCUT2D eigenvalue weighted by atomic mass is 32.1. The second-order valence-corrected chi connectivity index (χ2v) is 6.03. The highest BCUT2D eigenvalue weighted by Gasteiger charge is 2.30. The lowest BCUT2D eigenvalue weighted by Gasteiger charge is -2.34. The van der Waals surface area contributed by atoms with Crippen molar-refractivity contribution in [2.75, 3.05) is 12.0 Å². The number of rotatable bonds is 2. The summed E-state index contributed by atoms with van der Waals surface area (Å²) < 4.78 is 13.8. The first-order chi connectivity index (χ1) is 10.1. The van der Waals surface area contributed by atoms with E-state index in [-0.39, 0.29) is 23.2 Å². The molecule has 0 spiro atoms. The van der Waals surface area contributed by atoms with Crippen molar-refractivity contribution in [2.24, 2.45) is 5.84 Å². The van der Waals surface area contributed by atoms with Gasteiger partial charge in [0, 0.05) is 11.4 Å². The van der Waals surface area contributed by atoms with Crippen LogP contribution in [0.1, 0.15) is 33.8 Å². The molecule has 6 heteroatoms. The maximum atomic E-state index is 13.8. The van der Waals surface area contributed by atoms with Crippen LogP contribution < -0.4 is 11.3 Å². The van der Waals surface area contributed by atoms with Gasteiger partial charge in [-0.2, -0.15) is 0 Å². The van der Waals surface area contributed by atoms with E-state index in [1.165, 1.54) is 22.6 Å². The van der Waals surface area contributed by atoms with Gasteiger partial charge in [0.2, 0.25) is 0 Å². The summed E-state index contributed by atoms with van der Waals surface area (Å²) >= 11 is 1.72. The van der Waals surface area contributed by atoms with Crippen LogP contribution in [0, 0.1) is 5.82 Å². The summed E-state index contributed by atoms with van der Waals surface area (Å²) in [4.78, 5) is 15.8.